The molecule has 0 aliphatic carbocycles. The second-order valence-corrected chi connectivity index (χ2v) is 8.16. The van der Waals surface area contributed by atoms with Crippen molar-refractivity contribution < 1.29 is 19.1 Å². The molecule has 0 saturated carbocycles. The summed E-state index contributed by atoms with van der Waals surface area (Å²) in [6.45, 7) is -0.0888. The number of thioether (sulfide) groups is 1. The number of nitrogens with zero attached hydrogens (tertiary/aromatic N) is 1. The summed E-state index contributed by atoms with van der Waals surface area (Å²) in [5.74, 6) is -0.0447. The minimum absolute atomic E-state index is 0.0888. The fraction of sp³-hybridized carbons (Fsp3) is 0.125. The first-order chi connectivity index (χ1) is 15.1. The Kier molecular flexibility index (Phi) is 6.33. The third-order valence-corrected chi connectivity index (χ3v) is 5.85. The Bertz CT molecular complexity index is 1070. The Labute approximate surface area is 184 Å². The van der Waals surface area contributed by atoms with E-state index in [0.29, 0.717) is 17.1 Å². The maximum absolute atomic E-state index is 12.7. The van der Waals surface area contributed by atoms with Gasteiger partial charge >= 0.3 is 0 Å². The fourth-order valence-electron chi connectivity index (χ4n) is 3.19. The second kappa shape index (κ2) is 9.49. The van der Waals surface area contributed by atoms with Gasteiger partial charge in [-0.1, -0.05) is 36.4 Å². The van der Waals surface area contributed by atoms with Crippen LogP contribution in [-0.2, 0) is 14.4 Å². The Hall–Kier alpha value is -3.58. The second-order valence-electron chi connectivity index (χ2n) is 6.89. The molecular formula is C24H20N2O4S. The Balaban J connectivity index is 1.32. The van der Waals surface area contributed by atoms with Gasteiger partial charge in [0.15, 0.2) is 6.61 Å². The third-order valence-electron chi connectivity index (χ3n) is 4.65. The van der Waals surface area contributed by atoms with Crippen molar-refractivity contribution in [2.24, 2.45) is 0 Å². The van der Waals surface area contributed by atoms with Crippen LogP contribution < -0.4 is 15.0 Å². The maximum atomic E-state index is 12.7. The number of imide groups is 1. The standard InChI is InChI=1S/C24H20N2O4S/c27-22(16-30-19-9-5-2-6-10-19)25-17-11-13-20(14-12-17)31-21-15-23(28)26(24(21)29)18-7-3-1-4-8-18/h1-14,21H,15-16H2,(H,25,27). The van der Waals surface area contributed by atoms with Gasteiger partial charge in [-0.05, 0) is 48.5 Å². The lowest BCUT2D eigenvalue weighted by Gasteiger charge is -2.14. The molecule has 1 aliphatic rings. The number of amides is 3. The van der Waals surface area contributed by atoms with Crippen molar-refractivity contribution in [3.8, 4) is 5.75 Å². The number of anilines is 2. The van der Waals surface area contributed by atoms with E-state index in [-0.39, 0.29) is 30.7 Å². The summed E-state index contributed by atoms with van der Waals surface area (Å²) in [5, 5.41) is 2.31. The largest absolute Gasteiger partial charge is 0.484 e. The molecule has 3 aromatic rings. The van der Waals surface area contributed by atoms with E-state index >= 15 is 0 Å². The van der Waals surface area contributed by atoms with Crippen LogP contribution in [0, 0.1) is 0 Å². The van der Waals surface area contributed by atoms with Crippen LogP contribution >= 0.6 is 11.8 Å². The van der Waals surface area contributed by atoms with Gasteiger partial charge in [-0.2, -0.15) is 0 Å². The molecule has 1 fully saturated rings. The van der Waals surface area contributed by atoms with Crippen LogP contribution in [0.1, 0.15) is 6.42 Å². The zero-order valence-electron chi connectivity index (χ0n) is 16.6. The lowest BCUT2D eigenvalue weighted by molar-refractivity contribution is -0.121. The molecule has 1 N–H and O–H groups in total. The first kappa shape index (κ1) is 20.7. The zero-order valence-corrected chi connectivity index (χ0v) is 17.4. The van der Waals surface area contributed by atoms with E-state index in [4.69, 9.17) is 4.74 Å². The minimum atomic E-state index is -0.465. The van der Waals surface area contributed by atoms with Crippen LogP contribution in [-0.4, -0.2) is 29.6 Å². The average molecular weight is 433 g/mol. The molecule has 3 amide bonds. The molecule has 1 unspecified atom stereocenters. The van der Waals surface area contributed by atoms with E-state index in [1.54, 1.807) is 48.5 Å². The van der Waals surface area contributed by atoms with Crippen LogP contribution in [0.2, 0.25) is 0 Å². The lowest BCUT2D eigenvalue weighted by atomic mass is 10.3. The minimum Gasteiger partial charge on any atom is -0.484 e. The van der Waals surface area contributed by atoms with Gasteiger partial charge < -0.3 is 10.1 Å². The highest BCUT2D eigenvalue weighted by molar-refractivity contribution is 8.00. The van der Waals surface area contributed by atoms with Crippen molar-refractivity contribution in [3.63, 3.8) is 0 Å². The monoisotopic (exact) mass is 432 g/mol. The number of hydrogen-bond acceptors (Lipinski definition) is 5. The van der Waals surface area contributed by atoms with Gasteiger partial charge in [-0.25, -0.2) is 4.90 Å². The number of hydrogen-bond donors (Lipinski definition) is 1. The Morgan fingerprint density at radius 1 is 0.935 bits per heavy atom. The van der Waals surface area contributed by atoms with Crippen LogP contribution in [0.3, 0.4) is 0 Å². The first-order valence-electron chi connectivity index (χ1n) is 9.76. The Morgan fingerprint density at radius 3 is 2.26 bits per heavy atom. The molecule has 4 rings (SSSR count). The first-order valence-corrected chi connectivity index (χ1v) is 10.6. The summed E-state index contributed by atoms with van der Waals surface area (Å²) in [5.41, 5.74) is 1.22. The Morgan fingerprint density at radius 2 is 1.58 bits per heavy atom. The van der Waals surface area contributed by atoms with E-state index < -0.39 is 5.25 Å². The number of rotatable bonds is 7. The average Bonchev–Trinajstić information content (AvgIpc) is 3.07. The highest BCUT2D eigenvalue weighted by Gasteiger charge is 2.40. The van der Waals surface area contributed by atoms with E-state index in [2.05, 4.69) is 5.32 Å². The lowest BCUT2D eigenvalue weighted by Crippen LogP contribution is -2.30. The van der Waals surface area contributed by atoms with Gasteiger partial charge in [-0.3, -0.25) is 14.4 Å². The summed E-state index contributed by atoms with van der Waals surface area (Å²) in [6, 6.07) is 25.2. The van der Waals surface area contributed by atoms with E-state index in [1.165, 1.54) is 16.7 Å². The molecule has 0 aromatic heterocycles. The van der Waals surface area contributed by atoms with E-state index in [9.17, 15) is 14.4 Å². The molecule has 3 aromatic carbocycles. The predicted molar refractivity (Wildman–Crippen MR) is 120 cm³/mol. The van der Waals surface area contributed by atoms with Crippen molar-refractivity contribution in [3.05, 3.63) is 84.9 Å². The molecule has 0 bridgehead atoms. The van der Waals surface area contributed by atoms with Gasteiger partial charge in [-0.15, -0.1) is 11.8 Å². The third kappa shape index (κ3) is 5.13. The predicted octanol–water partition coefficient (Wildman–Crippen LogP) is 4.13. The van der Waals surface area contributed by atoms with Gasteiger partial charge in [0.2, 0.25) is 11.8 Å². The van der Waals surface area contributed by atoms with Gasteiger partial charge in [0.1, 0.15) is 5.75 Å². The molecule has 31 heavy (non-hydrogen) atoms. The summed E-state index contributed by atoms with van der Waals surface area (Å²) >= 11 is 1.35. The van der Waals surface area contributed by atoms with Crippen molar-refractivity contribution >= 4 is 40.9 Å². The van der Waals surface area contributed by atoms with Gasteiger partial charge in [0.05, 0.1) is 10.9 Å². The van der Waals surface area contributed by atoms with Crippen LogP contribution in [0.4, 0.5) is 11.4 Å². The summed E-state index contributed by atoms with van der Waals surface area (Å²) in [7, 11) is 0. The molecule has 1 aliphatic heterocycles. The van der Waals surface area contributed by atoms with Crippen LogP contribution in [0.5, 0.6) is 5.75 Å². The zero-order chi connectivity index (χ0) is 21.6. The molecule has 1 heterocycles. The SMILES string of the molecule is O=C(COc1ccccc1)Nc1ccc(SC2CC(=O)N(c3ccccc3)C2=O)cc1. The number of carbonyl (C=O) groups is 3. The van der Waals surface area contributed by atoms with Crippen molar-refractivity contribution in [1.82, 2.24) is 0 Å². The van der Waals surface area contributed by atoms with Crippen molar-refractivity contribution in [1.29, 1.82) is 0 Å². The van der Waals surface area contributed by atoms with Gasteiger partial charge in [0, 0.05) is 17.0 Å². The van der Waals surface area contributed by atoms with Gasteiger partial charge in [0.25, 0.3) is 5.91 Å². The summed E-state index contributed by atoms with van der Waals surface area (Å²) in [4.78, 5) is 39.3. The quantitative estimate of drug-likeness (QED) is 0.568. The van der Waals surface area contributed by atoms with Crippen molar-refractivity contribution in [2.45, 2.75) is 16.6 Å². The molecule has 7 heteroatoms. The summed E-state index contributed by atoms with van der Waals surface area (Å²) in [6.07, 6.45) is 0.160. The molecule has 0 radical (unpaired) electrons. The van der Waals surface area contributed by atoms with Crippen molar-refractivity contribution in [2.75, 3.05) is 16.8 Å². The van der Waals surface area contributed by atoms with E-state index in [1.807, 2.05) is 36.4 Å². The topological polar surface area (TPSA) is 75.7 Å². The smallest absolute Gasteiger partial charge is 0.262 e. The van der Waals surface area contributed by atoms with E-state index in [0.717, 1.165) is 4.90 Å². The highest BCUT2D eigenvalue weighted by atomic mass is 32.2. The fourth-order valence-corrected chi connectivity index (χ4v) is 4.24. The molecule has 6 nitrogen and oxygen atoms in total. The highest BCUT2D eigenvalue weighted by Crippen LogP contribution is 2.34. The number of benzene rings is 3. The summed E-state index contributed by atoms with van der Waals surface area (Å²) < 4.78 is 5.43. The number of nitrogens with one attached hydrogen (secondary N) is 1. The molecule has 1 atom stereocenters. The number of carbonyl (C=O) groups excluding carboxylic acids is 3. The normalized spacial score (nSPS) is 15.7. The molecular weight excluding hydrogens is 412 g/mol. The molecule has 156 valence electrons. The maximum Gasteiger partial charge on any atom is 0.262 e. The van der Waals surface area contributed by atoms with Crippen LogP contribution in [0.15, 0.2) is 89.8 Å². The number of para-hydroxylation sites is 2. The molecule has 0 spiro atoms. The molecule has 1 saturated heterocycles. The number of ether oxygens (including phenoxy) is 1. The van der Waals surface area contributed by atoms with Crippen LogP contribution in [0.25, 0.3) is 0 Å².